The first-order chi connectivity index (χ1) is 6.07. The molecule has 0 bridgehead atoms. The van der Waals surface area contributed by atoms with Crippen LogP contribution in [0.5, 0.6) is 0 Å². The molecule has 1 aromatic carbocycles. The molecule has 0 atom stereocenters. The summed E-state index contributed by atoms with van der Waals surface area (Å²) >= 11 is 5.90. The molecule has 66 valence electrons. The summed E-state index contributed by atoms with van der Waals surface area (Å²) < 4.78 is 0. The standard InChI is InChI=1S/C10H8ClNO/c1-6-3-4-8(5-12)9(7(2)13)10(6)11/h3-4H,1-2H3. The number of nitriles is 1. The van der Waals surface area contributed by atoms with Gasteiger partial charge in [-0.2, -0.15) is 5.26 Å². The van der Waals surface area contributed by atoms with Crippen molar-refractivity contribution in [3.8, 4) is 6.07 Å². The molecule has 0 radical (unpaired) electrons. The summed E-state index contributed by atoms with van der Waals surface area (Å²) in [4.78, 5) is 11.2. The molecular weight excluding hydrogens is 186 g/mol. The van der Waals surface area contributed by atoms with Crippen molar-refractivity contribution in [1.82, 2.24) is 0 Å². The van der Waals surface area contributed by atoms with Gasteiger partial charge in [-0.15, -0.1) is 0 Å². The van der Waals surface area contributed by atoms with Gasteiger partial charge in [0, 0.05) is 0 Å². The van der Waals surface area contributed by atoms with E-state index >= 15 is 0 Å². The lowest BCUT2D eigenvalue weighted by molar-refractivity contribution is 0.101. The summed E-state index contributed by atoms with van der Waals surface area (Å²) in [5.74, 6) is -0.176. The topological polar surface area (TPSA) is 40.9 Å². The van der Waals surface area contributed by atoms with Gasteiger partial charge in [0.05, 0.1) is 22.2 Å². The molecule has 0 aliphatic heterocycles. The highest BCUT2D eigenvalue weighted by Crippen LogP contribution is 2.24. The van der Waals surface area contributed by atoms with Gasteiger partial charge in [-0.3, -0.25) is 4.79 Å². The number of hydrogen-bond donors (Lipinski definition) is 0. The van der Waals surface area contributed by atoms with E-state index in [1.54, 1.807) is 19.1 Å². The van der Waals surface area contributed by atoms with E-state index in [2.05, 4.69) is 0 Å². The fourth-order valence-corrected chi connectivity index (χ4v) is 1.42. The second-order valence-corrected chi connectivity index (χ2v) is 3.16. The van der Waals surface area contributed by atoms with E-state index in [0.717, 1.165) is 5.56 Å². The molecule has 3 heteroatoms. The van der Waals surface area contributed by atoms with E-state index in [4.69, 9.17) is 16.9 Å². The van der Waals surface area contributed by atoms with Crippen molar-refractivity contribution in [2.45, 2.75) is 13.8 Å². The number of carbonyl (C=O) groups excluding carboxylic acids is 1. The lowest BCUT2D eigenvalue weighted by Gasteiger charge is -2.04. The second kappa shape index (κ2) is 3.59. The predicted molar refractivity (Wildman–Crippen MR) is 50.9 cm³/mol. The van der Waals surface area contributed by atoms with Crippen LogP contribution in [0.2, 0.25) is 5.02 Å². The molecule has 0 heterocycles. The minimum Gasteiger partial charge on any atom is -0.294 e. The molecule has 0 aromatic heterocycles. The third-order valence-electron chi connectivity index (χ3n) is 1.81. The Morgan fingerprint density at radius 2 is 2.15 bits per heavy atom. The Bertz CT molecular complexity index is 404. The summed E-state index contributed by atoms with van der Waals surface area (Å²) in [6.45, 7) is 3.21. The molecule has 0 saturated heterocycles. The van der Waals surface area contributed by atoms with Crippen LogP contribution in [0.3, 0.4) is 0 Å². The van der Waals surface area contributed by atoms with Gasteiger partial charge < -0.3 is 0 Å². The molecule has 0 amide bonds. The summed E-state index contributed by atoms with van der Waals surface area (Å²) in [6, 6.07) is 5.28. The highest BCUT2D eigenvalue weighted by molar-refractivity contribution is 6.34. The van der Waals surface area contributed by atoms with Crippen LogP contribution in [0.4, 0.5) is 0 Å². The zero-order valence-corrected chi connectivity index (χ0v) is 8.14. The molecule has 0 saturated carbocycles. The van der Waals surface area contributed by atoms with Crippen molar-refractivity contribution in [3.63, 3.8) is 0 Å². The van der Waals surface area contributed by atoms with Gasteiger partial charge in [-0.1, -0.05) is 17.7 Å². The molecule has 0 N–H and O–H groups in total. The van der Waals surface area contributed by atoms with Gasteiger partial charge in [-0.05, 0) is 25.5 Å². The lowest BCUT2D eigenvalue weighted by atomic mass is 10.0. The van der Waals surface area contributed by atoms with Crippen molar-refractivity contribution in [3.05, 3.63) is 33.8 Å². The van der Waals surface area contributed by atoms with Crippen molar-refractivity contribution in [2.24, 2.45) is 0 Å². The van der Waals surface area contributed by atoms with Crippen molar-refractivity contribution < 1.29 is 4.79 Å². The molecule has 2 nitrogen and oxygen atoms in total. The number of nitrogens with zero attached hydrogens (tertiary/aromatic N) is 1. The average molecular weight is 194 g/mol. The van der Waals surface area contributed by atoms with Crippen LogP contribution in [-0.2, 0) is 0 Å². The smallest absolute Gasteiger partial charge is 0.162 e. The summed E-state index contributed by atoms with van der Waals surface area (Å²) in [7, 11) is 0. The van der Waals surface area contributed by atoms with Crippen molar-refractivity contribution in [1.29, 1.82) is 5.26 Å². The first-order valence-corrected chi connectivity index (χ1v) is 4.16. The largest absolute Gasteiger partial charge is 0.294 e. The zero-order chi connectivity index (χ0) is 10.0. The Morgan fingerprint density at radius 3 is 2.62 bits per heavy atom. The molecular formula is C10H8ClNO. The van der Waals surface area contributed by atoms with Crippen LogP contribution in [0.25, 0.3) is 0 Å². The van der Waals surface area contributed by atoms with Crippen LogP contribution >= 0.6 is 11.6 Å². The maximum Gasteiger partial charge on any atom is 0.162 e. The summed E-state index contributed by atoms with van der Waals surface area (Å²) in [5, 5.41) is 9.10. The molecule has 0 aliphatic rings. The minimum atomic E-state index is -0.176. The normalized spacial score (nSPS) is 9.38. The van der Waals surface area contributed by atoms with Crippen LogP contribution in [-0.4, -0.2) is 5.78 Å². The number of hydrogen-bond acceptors (Lipinski definition) is 2. The fourth-order valence-electron chi connectivity index (χ4n) is 1.12. The van der Waals surface area contributed by atoms with Crippen LogP contribution in [0.15, 0.2) is 12.1 Å². The van der Waals surface area contributed by atoms with E-state index in [9.17, 15) is 4.79 Å². The maximum absolute atomic E-state index is 11.2. The quantitative estimate of drug-likeness (QED) is 0.644. The zero-order valence-electron chi connectivity index (χ0n) is 7.39. The number of rotatable bonds is 1. The first kappa shape index (κ1) is 9.76. The number of ketones is 1. The predicted octanol–water partition coefficient (Wildman–Crippen LogP) is 2.72. The van der Waals surface area contributed by atoms with Crippen LogP contribution in [0.1, 0.15) is 28.4 Å². The van der Waals surface area contributed by atoms with Crippen molar-refractivity contribution in [2.75, 3.05) is 0 Å². The SMILES string of the molecule is CC(=O)c1c(C#N)ccc(C)c1Cl. The second-order valence-electron chi connectivity index (χ2n) is 2.79. The minimum absolute atomic E-state index is 0.176. The average Bonchev–Trinajstić information content (AvgIpc) is 2.08. The maximum atomic E-state index is 11.2. The molecule has 0 fully saturated rings. The molecule has 0 unspecified atom stereocenters. The Morgan fingerprint density at radius 1 is 1.54 bits per heavy atom. The highest BCUT2D eigenvalue weighted by Gasteiger charge is 2.12. The first-order valence-electron chi connectivity index (χ1n) is 3.78. The fraction of sp³-hybridized carbons (Fsp3) is 0.200. The third kappa shape index (κ3) is 1.71. The number of benzene rings is 1. The third-order valence-corrected chi connectivity index (χ3v) is 2.29. The Balaban J connectivity index is 3.53. The van der Waals surface area contributed by atoms with E-state index < -0.39 is 0 Å². The highest BCUT2D eigenvalue weighted by atomic mass is 35.5. The van der Waals surface area contributed by atoms with E-state index in [1.165, 1.54) is 6.92 Å². The van der Waals surface area contributed by atoms with E-state index in [-0.39, 0.29) is 5.78 Å². The van der Waals surface area contributed by atoms with Gasteiger partial charge in [0.25, 0.3) is 0 Å². The molecule has 0 spiro atoms. The van der Waals surface area contributed by atoms with E-state index in [0.29, 0.717) is 16.1 Å². The van der Waals surface area contributed by atoms with Crippen LogP contribution in [0, 0.1) is 18.3 Å². The van der Waals surface area contributed by atoms with Crippen LogP contribution < -0.4 is 0 Å². The van der Waals surface area contributed by atoms with Gasteiger partial charge in [-0.25, -0.2) is 0 Å². The number of carbonyl (C=O) groups is 1. The monoisotopic (exact) mass is 193 g/mol. The number of aryl methyl sites for hydroxylation is 1. The van der Waals surface area contributed by atoms with Gasteiger partial charge in [0.2, 0.25) is 0 Å². The van der Waals surface area contributed by atoms with Gasteiger partial charge in [0.15, 0.2) is 5.78 Å². The molecule has 1 aromatic rings. The van der Waals surface area contributed by atoms with E-state index in [1.807, 2.05) is 6.07 Å². The summed E-state index contributed by atoms with van der Waals surface area (Å²) in [5.41, 5.74) is 1.47. The number of Topliss-reactive ketones (excluding diaryl/α,β-unsaturated/α-hetero) is 1. The number of halogens is 1. The Hall–Kier alpha value is -1.33. The summed E-state index contributed by atoms with van der Waals surface area (Å²) in [6.07, 6.45) is 0. The molecule has 1 rings (SSSR count). The lowest BCUT2D eigenvalue weighted by Crippen LogP contribution is -1.99. The van der Waals surface area contributed by atoms with Crippen molar-refractivity contribution >= 4 is 17.4 Å². The molecule has 13 heavy (non-hydrogen) atoms. The molecule has 0 aliphatic carbocycles. The van der Waals surface area contributed by atoms with Gasteiger partial charge >= 0.3 is 0 Å². The Kier molecular flexibility index (Phi) is 2.69. The van der Waals surface area contributed by atoms with Gasteiger partial charge in [0.1, 0.15) is 0 Å². The Labute approximate surface area is 81.7 Å².